The molecule has 0 bridgehead atoms. The van der Waals surface area contributed by atoms with Crippen LogP contribution in [0.3, 0.4) is 0 Å². The van der Waals surface area contributed by atoms with Crippen LogP contribution in [0.1, 0.15) is 11.4 Å². The van der Waals surface area contributed by atoms with E-state index in [2.05, 4.69) is 10.3 Å². The fourth-order valence-electron chi connectivity index (χ4n) is 1.81. The molecule has 0 saturated heterocycles. The van der Waals surface area contributed by atoms with Crippen LogP contribution >= 0.6 is 11.6 Å². The van der Waals surface area contributed by atoms with E-state index in [0.29, 0.717) is 18.7 Å². The van der Waals surface area contributed by atoms with Crippen molar-refractivity contribution in [1.29, 1.82) is 0 Å². The van der Waals surface area contributed by atoms with Crippen molar-refractivity contribution in [2.24, 2.45) is 7.05 Å². The van der Waals surface area contributed by atoms with Crippen molar-refractivity contribution in [3.63, 3.8) is 0 Å². The summed E-state index contributed by atoms with van der Waals surface area (Å²) in [7, 11) is 1.87. The van der Waals surface area contributed by atoms with E-state index in [1.165, 1.54) is 12.1 Å². The lowest BCUT2D eigenvalue weighted by Crippen LogP contribution is -2.10. The van der Waals surface area contributed by atoms with Crippen molar-refractivity contribution in [3.8, 4) is 0 Å². The summed E-state index contributed by atoms with van der Waals surface area (Å²) in [4.78, 5) is 4.14. The molecule has 0 radical (unpaired) electrons. The maximum absolute atomic E-state index is 12.7. The molecular formula is C13H13ClF3N3. The lowest BCUT2D eigenvalue weighted by molar-refractivity contribution is -0.137. The molecular weight excluding hydrogens is 291 g/mol. The van der Waals surface area contributed by atoms with Crippen molar-refractivity contribution >= 4 is 17.3 Å². The van der Waals surface area contributed by atoms with Gasteiger partial charge in [0.15, 0.2) is 0 Å². The molecule has 0 unspecified atom stereocenters. The number of alkyl halides is 3. The van der Waals surface area contributed by atoms with Gasteiger partial charge in [-0.05, 0) is 18.2 Å². The molecule has 0 aliphatic heterocycles. The topological polar surface area (TPSA) is 29.9 Å². The largest absolute Gasteiger partial charge is 0.417 e. The minimum absolute atomic E-state index is 0.299. The first-order valence-corrected chi connectivity index (χ1v) is 6.32. The third kappa shape index (κ3) is 3.45. The molecule has 0 spiro atoms. The van der Waals surface area contributed by atoms with Gasteiger partial charge in [0.05, 0.1) is 10.6 Å². The highest BCUT2D eigenvalue weighted by Crippen LogP contribution is 2.36. The third-order valence-electron chi connectivity index (χ3n) is 2.87. The zero-order chi connectivity index (χ0) is 14.8. The first-order chi connectivity index (χ1) is 9.38. The molecule has 2 aromatic rings. The van der Waals surface area contributed by atoms with Gasteiger partial charge in [-0.1, -0.05) is 11.6 Å². The van der Waals surface area contributed by atoms with Crippen molar-refractivity contribution in [1.82, 2.24) is 9.55 Å². The summed E-state index contributed by atoms with van der Waals surface area (Å²) in [6, 6.07) is 3.78. The third-order valence-corrected chi connectivity index (χ3v) is 3.20. The average Bonchev–Trinajstić information content (AvgIpc) is 2.76. The molecule has 20 heavy (non-hydrogen) atoms. The first kappa shape index (κ1) is 14.7. The second-order valence-corrected chi connectivity index (χ2v) is 4.73. The van der Waals surface area contributed by atoms with Gasteiger partial charge < -0.3 is 9.88 Å². The number of anilines is 1. The standard InChI is InChI=1S/C13H13ClF3N3/c1-20-7-6-19-12(20)4-5-18-9-2-3-11(14)10(8-9)13(15,16)17/h2-3,6-8,18H,4-5H2,1H3. The molecule has 1 aromatic carbocycles. The van der Waals surface area contributed by atoms with Crippen molar-refractivity contribution in [3.05, 3.63) is 47.0 Å². The molecule has 0 amide bonds. The van der Waals surface area contributed by atoms with Gasteiger partial charge in [-0.2, -0.15) is 13.2 Å². The lowest BCUT2D eigenvalue weighted by Gasteiger charge is -2.12. The van der Waals surface area contributed by atoms with Crippen molar-refractivity contribution < 1.29 is 13.2 Å². The Balaban J connectivity index is 2.02. The summed E-state index contributed by atoms with van der Waals surface area (Å²) < 4.78 is 40.0. The summed E-state index contributed by atoms with van der Waals surface area (Å²) in [5, 5.41) is 2.64. The van der Waals surface area contributed by atoms with Gasteiger partial charge in [0.1, 0.15) is 5.82 Å². The van der Waals surface area contributed by atoms with E-state index >= 15 is 0 Å². The van der Waals surface area contributed by atoms with E-state index < -0.39 is 11.7 Å². The molecule has 108 valence electrons. The highest BCUT2D eigenvalue weighted by Gasteiger charge is 2.33. The van der Waals surface area contributed by atoms with Gasteiger partial charge in [0, 0.05) is 38.1 Å². The van der Waals surface area contributed by atoms with Crippen molar-refractivity contribution in [2.75, 3.05) is 11.9 Å². The Labute approximate surface area is 119 Å². The van der Waals surface area contributed by atoms with Crippen LogP contribution in [-0.4, -0.2) is 16.1 Å². The van der Waals surface area contributed by atoms with Gasteiger partial charge in [-0.3, -0.25) is 0 Å². The molecule has 0 atom stereocenters. The number of aromatic nitrogens is 2. The number of halogens is 4. The van der Waals surface area contributed by atoms with Gasteiger partial charge in [-0.25, -0.2) is 4.98 Å². The summed E-state index contributed by atoms with van der Waals surface area (Å²) >= 11 is 5.56. The lowest BCUT2D eigenvalue weighted by atomic mass is 10.2. The predicted octanol–water partition coefficient (Wildman–Crippen LogP) is 3.75. The molecule has 1 N–H and O–H groups in total. The van der Waals surface area contributed by atoms with E-state index in [0.717, 1.165) is 11.9 Å². The van der Waals surface area contributed by atoms with Crippen LogP contribution in [-0.2, 0) is 19.6 Å². The van der Waals surface area contributed by atoms with Crippen LogP contribution in [0.5, 0.6) is 0 Å². The Hall–Kier alpha value is -1.69. The molecule has 7 heteroatoms. The zero-order valence-electron chi connectivity index (χ0n) is 10.7. The summed E-state index contributed by atoms with van der Waals surface area (Å²) in [5.41, 5.74) is -0.447. The Morgan fingerprint density at radius 2 is 2.10 bits per heavy atom. The van der Waals surface area contributed by atoms with Crippen LogP contribution < -0.4 is 5.32 Å². The van der Waals surface area contributed by atoms with E-state index in [1.54, 1.807) is 6.20 Å². The number of hydrogen-bond acceptors (Lipinski definition) is 2. The molecule has 0 saturated carbocycles. The number of benzene rings is 1. The second-order valence-electron chi connectivity index (χ2n) is 4.32. The first-order valence-electron chi connectivity index (χ1n) is 5.95. The van der Waals surface area contributed by atoms with Gasteiger partial charge in [0.25, 0.3) is 0 Å². The van der Waals surface area contributed by atoms with Gasteiger partial charge in [0.2, 0.25) is 0 Å². The fourth-order valence-corrected chi connectivity index (χ4v) is 2.03. The summed E-state index contributed by atoms with van der Waals surface area (Å²) in [6.45, 7) is 0.490. The van der Waals surface area contributed by atoms with Crippen LogP contribution in [0.2, 0.25) is 5.02 Å². The van der Waals surface area contributed by atoms with E-state index in [-0.39, 0.29) is 5.02 Å². The molecule has 0 fully saturated rings. The maximum Gasteiger partial charge on any atom is 0.417 e. The number of imidazole rings is 1. The predicted molar refractivity (Wildman–Crippen MR) is 71.9 cm³/mol. The number of hydrogen-bond donors (Lipinski definition) is 1. The van der Waals surface area contributed by atoms with Gasteiger partial charge in [-0.15, -0.1) is 0 Å². The maximum atomic E-state index is 12.7. The molecule has 3 nitrogen and oxygen atoms in total. The molecule has 1 heterocycles. The summed E-state index contributed by atoms with van der Waals surface area (Å²) in [6.07, 6.45) is -0.333. The Bertz CT molecular complexity index is 593. The molecule has 1 aromatic heterocycles. The minimum Gasteiger partial charge on any atom is -0.385 e. The van der Waals surface area contributed by atoms with E-state index in [9.17, 15) is 13.2 Å². The highest BCUT2D eigenvalue weighted by atomic mass is 35.5. The average molecular weight is 304 g/mol. The highest BCUT2D eigenvalue weighted by molar-refractivity contribution is 6.31. The Morgan fingerprint density at radius 3 is 2.70 bits per heavy atom. The number of aryl methyl sites for hydroxylation is 1. The normalized spacial score (nSPS) is 11.7. The SMILES string of the molecule is Cn1ccnc1CCNc1ccc(Cl)c(C(F)(F)F)c1. The number of rotatable bonds is 4. The van der Waals surface area contributed by atoms with Crippen LogP contribution in [0.25, 0.3) is 0 Å². The number of nitrogens with one attached hydrogen (secondary N) is 1. The fraction of sp³-hybridized carbons (Fsp3) is 0.308. The van der Waals surface area contributed by atoms with Crippen LogP contribution in [0.15, 0.2) is 30.6 Å². The Kier molecular flexibility index (Phi) is 4.23. The smallest absolute Gasteiger partial charge is 0.385 e. The summed E-state index contributed by atoms with van der Waals surface area (Å²) in [5.74, 6) is 0.863. The van der Waals surface area contributed by atoms with E-state index in [4.69, 9.17) is 11.6 Å². The quantitative estimate of drug-likeness (QED) is 0.932. The second kappa shape index (κ2) is 5.75. The monoisotopic (exact) mass is 303 g/mol. The van der Waals surface area contributed by atoms with Crippen LogP contribution in [0, 0.1) is 0 Å². The van der Waals surface area contributed by atoms with Crippen LogP contribution in [0.4, 0.5) is 18.9 Å². The van der Waals surface area contributed by atoms with E-state index in [1.807, 2.05) is 17.8 Å². The molecule has 2 rings (SSSR count). The van der Waals surface area contributed by atoms with Crippen molar-refractivity contribution in [2.45, 2.75) is 12.6 Å². The minimum atomic E-state index is -4.45. The molecule has 0 aliphatic rings. The zero-order valence-corrected chi connectivity index (χ0v) is 11.5. The molecule has 0 aliphatic carbocycles. The van der Waals surface area contributed by atoms with Gasteiger partial charge >= 0.3 is 6.18 Å². The Morgan fingerprint density at radius 1 is 1.35 bits per heavy atom. The number of nitrogens with zero attached hydrogens (tertiary/aromatic N) is 2.